The number of carbonyl (C=O) groups is 4. The number of ketones is 1. The minimum atomic E-state index is -0.742. The lowest BCUT2D eigenvalue weighted by atomic mass is 9.43. The van der Waals surface area contributed by atoms with Crippen molar-refractivity contribution in [2.75, 3.05) is 32.1 Å². The van der Waals surface area contributed by atoms with Crippen molar-refractivity contribution in [2.45, 2.75) is 135 Å². The molecule has 5 fully saturated rings. The zero-order valence-electron chi connectivity index (χ0n) is 34.2. The summed E-state index contributed by atoms with van der Waals surface area (Å²) in [5.41, 5.74) is 9.94. The normalized spacial score (nSPS) is 36.5. The Hall–Kier alpha value is -3.08. The summed E-state index contributed by atoms with van der Waals surface area (Å²) in [4.78, 5) is 57.5. The van der Waals surface area contributed by atoms with Gasteiger partial charge in [0, 0.05) is 42.9 Å². The van der Waals surface area contributed by atoms with Crippen molar-refractivity contribution in [3.63, 3.8) is 0 Å². The highest BCUT2D eigenvalue weighted by molar-refractivity contribution is 8.00. The maximum atomic E-state index is 13.7. The number of ether oxygens (including phenoxy) is 2. The average molecular weight is 810 g/mol. The van der Waals surface area contributed by atoms with Crippen LogP contribution in [0.25, 0.3) is 10.4 Å². The van der Waals surface area contributed by atoms with Gasteiger partial charge in [0.15, 0.2) is 5.78 Å². The molecule has 6 rings (SSSR count). The number of aliphatic hydroxyl groups is 2. The molecule has 4 saturated carbocycles. The van der Waals surface area contributed by atoms with Gasteiger partial charge in [-0.3, -0.25) is 24.1 Å². The second-order valence-corrected chi connectivity index (χ2v) is 19.5. The van der Waals surface area contributed by atoms with E-state index in [1.165, 1.54) is 29.5 Å². The molecule has 0 aromatic rings. The molecular formula is C43H63N5O8S. The number of nitrogens with zero attached hydrogens (tertiary/aromatic N) is 4. The van der Waals surface area contributed by atoms with Gasteiger partial charge in [0.25, 0.3) is 5.91 Å². The molecule has 0 aromatic heterocycles. The second-order valence-electron chi connectivity index (χ2n) is 18.4. The smallest absolute Gasteiger partial charge is 0.306 e. The maximum absolute atomic E-state index is 13.7. The number of amides is 2. The summed E-state index contributed by atoms with van der Waals surface area (Å²) in [7, 11) is 0. The number of terminal acetylenes is 1. The number of β-lactam (4-membered cyclic amide) rings is 1. The Morgan fingerprint density at radius 1 is 1.11 bits per heavy atom. The number of azide groups is 1. The number of esters is 1. The number of carbonyl (C=O) groups excluding carboxylic acids is 4. The van der Waals surface area contributed by atoms with Crippen LogP contribution in [-0.4, -0.2) is 94.4 Å². The molecule has 13 nitrogen and oxygen atoms in total. The first kappa shape index (κ1) is 43.5. The lowest BCUT2D eigenvalue weighted by Gasteiger charge is -2.62. The number of hydrogen-bond acceptors (Lipinski definition) is 10. The summed E-state index contributed by atoms with van der Waals surface area (Å²) >= 11 is 1.50. The van der Waals surface area contributed by atoms with Crippen LogP contribution >= 0.6 is 11.8 Å². The highest BCUT2D eigenvalue weighted by atomic mass is 32.2. The molecule has 13 atom stereocenters. The first-order valence-corrected chi connectivity index (χ1v) is 22.3. The van der Waals surface area contributed by atoms with Gasteiger partial charge < -0.3 is 25.0 Å². The third kappa shape index (κ3) is 8.79. The van der Waals surface area contributed by atoms with Crippen molar-refractivity contribution in [3.8, 4) is 12.3 Å². The van der Waals surface area contributed by atoms with Gasteiger partial charge >= 0.3 is 5.97 Å². The van der Waals surface area contributed by atoms with Gasteiger partial charge in [-0.05, 0) is 128 Å². The average Bonchev–Trinajstić information content (AvgIpc) is 3.55. The molecule has 0 bridgehead atoms. The van der Waals surface area contributed by atoms with Crippen molar-refractivity contribution in [3.05, 3.63) is 21.7 Å². The Kier molecular flexibility index (Phi) is 14.1. The largest absolute Gasteiger partial charge is 0.463 e. The highest BCUT2D eigenvalue weighted by Crippen LogP contribution is 2.68. The van der Waals surface area contributed by atoms with E-state index < -0.39 is 23.3 Å². The summed E-state index contributed by atoms with van der Waals surface area (Å²) in [6.45, 7) is 9.26. The molecule has 2 amide bonds. The van der Waals surface area contributed by atoms with Crippen molar-refractivity contribution >= 4 is 35.3 Å². The molecule has 57 heavy (non-hydrogen) atoms. The standard InChI is InChI=1S/C43H63N5O8S/c1-6-7-16-55-17-18-56-37(53)20-27(23-45-47-44)19-34(50)39-26(3)24-57-41-38(40(54)48(39)41)46-36(52)13-8-25(2)31-11-12-32-30-10-9-28-21-29(49)14-15-42(28,4)33(30)22-35(51)43(31,32)5/h1,25,27-33,35,38,41,49,51H,7-24H2,2-5H3,(H,46,52)/t25-,27?,28-,29-,30+,31-,32+,33+,35?,38?,41?,42+,43-/m1/s1. The minimum Gasteiger partial charge on any atom is -0.463 e. The van der Waals surface area contributed by atoms with Gasteiger partial charge in [0.2, 0.25) is 5.91 Å². The zero-order valence-corrected chi connectivity index (χ0v) is 35.0. The molecule has 2 aliphatic heterocycles. The van der Waals surface area contributed by atoms with Gasteiger partial charge in [0.1, 0.15) is 18.0 Å². The van der Waals surface area contributed by atoms with E-state index in [4.69, 9.17) is 21.4 Å². The monoisotopic (exact) mass is 809 g/mol. The van der Waals surface area contributed by atoms with E-state index in [-0.39, 0.29) is 91.3 Å². The van der Waals surface area contributed by atoms with Crippen LogP contribution in [0, 0.1) is 64.6 Å². The molecule has 6 aliphatic rings. The van der Waals surface area contributed by atoms with Gasteiger partial charge in [0.05, 0.1) is 31.1 Å². The van der Waals surface area contributed by atoms with E-state index >= 15 is 0 Å². The fourth-order valence-electron chi connectivity index (χ4n) is 12.3. The molecule has 3 N–H and O–H groups in total. The number of Topliss-reactive ketones (excluding diaryl/α,β-unsaturated/α-hetero) is 1. The molecule has 0 spiro atoms. The molecular weight excluding hydrogens is 747 g/mol. The molecule has 4 aliphatic carbocycles. The highest BCUT2D eigenvalue weighted by Gasteiger charge is 2.64. The van der Waals surface area contributed by atoms with E-state index in [0.717, 1.165) is 44.1 Å². The Morgan fingerprint density at radius 3 is 2.65 bits per heavy atom. The summed E-state index contributed by atoms with van der Waals surface area (Å²) in [6.07, 6.45) is 13.9. The molecule has 0 radical (unpaired) electrons. The number of thioether (sulfide) groups is 1. The Balaban J connectivity index is 1.000. The van der Waals surface area contributed by atoms with Crippen LogP contribution < -0.4 is 5.32 Å². The van der Waals surface area contributed by atoms with Crippen molar-refractivity contribution in [2.24, 2.45) is 57.4 Å². The number of hydrogen-bond donors (Lipinski definition) is 3. The van der Waals surface area contributed by atoms with E-state index in [0.29, 0.717) is 54.8 Å². The predicted octanol–water partition coefficient (Wildman–Crippen LogP) is 5.93. The van der Waals surface area contributed by atoms with Crippen LogP contribution in [0.3, 0.4) is 0 Å². The number of aliphatic hydroxyl groups excluding tert-OH is 2. The summed E-state index contributed by atoms with van der Waals surface area (Å²) in [5.74, 6) is 3.57. The van der Waals surface area contributed by atoms with E-state index in [2.05, 4.69) is 42.0 Å². The number of fused-ring (bicyclic) bond motifs is 6. The summed E-state index contributed by atoms with van der Waals surface area (Å²) in [6, 6.07) is -0.742. The lowest BCUT2D eigenvalue weighted by molar-refractivity contribution is -0.175. The molecule has 2 heterocycles. The molecule has 1 saturated heterocycles. The van der Waals surface area contributed by atoms with Crippen LogP contribution in [0.5, 0.6) is 0 Å². The zero-order chi connectivity index (χ0) is 41.1. The van der Waals surface area contributed by atoms with Crippen molar-refractivity contribution < 1.29 is 38.9 Å². The minimum absolute atomic E-state index is 0.0286. The third-order valence-electron chi connectivity index (χ3n) is 15.3. The SMILES string of the molecule is C#CCCOCCOC(=O)CC(CN=[N+]=[N-])CC(=O)C1=C(C)CSC2C(NC(=O)CC[C@@H](C)[C@H]3CC[C@H]4[C@@H]5CC[C@@H]6C[C@H](O)CC[C@]6(C)[C@H]5CC(O)[C@]34C)C(=O)N12. The first-order valence-electron chi connectivity index (χ1n) is 21.2. The Morgan fingerprint density at radius 2 is 1.89 bits per heavy atom. The molecule has 4 unspecified atom stereocenters. The van der Waals surface area contributed by atoms with Gasteiger partial charge in [-0.1, -0.05) is 25.9 Å². The third-order valence-corrected chi connectivity index (χ3v) is 16.7. The first-order chi connectivity index (χ1) is 27.2. The molecule has 314 valence electrons. The summed E-state index contributed by atoms with van der Waals surface area (Å²) < 4.78 is 10.5. The Labute approximate surface area is 341 Å². The van der Waals surface area contributed by atoms with Crippen LogP contribution in [0.4, 0.5) is 0 Å². The van der Waals surface area contributed by atoms with Crippen LogP contribution in [0.15, 0.2) is 16.4 Å². The Bertz CT molecular complexity index is 1660. The number of allylic oxidation sites excluding steroid dienone is 1. The molecule has 0 aromatic carbocycles. The lowest BCUT2D eigenvalue weighted by Crippen LogP contribution is -2.70. The van der Waals surface area contributed by atoms with E-state index in [1.54, 1.807) is 6.92 Å². The van der Waals surface area contributed by atoms with E-state index in [9.17, 15) is 29.4 Å². The number of nitrogens with one attached hydrogen (secondary N) is 1. The summed E-state index contributed by atoms with van der Waals surface area (Å²) in [5, 5.41) is 28.5. The van der Waals surface area contributed by atoms with Gasteiger partial charge in [-0.15, -0.1) is 24.1 Å². The molecule has 14 heteroatoms. The van der Waals surface area contributed by atoms with Gasteiger partial charge in [-0.2, -0.15) is 0 Å². The van der Waals surface area contributed by atoms with Crippen LogP contribution in [0.2, 0.25) is 0 Å². The quantitative estimate of drug-likeness (QED) is 0.0304. The number of rotatable bonds is 17. The van der Waals surface area contributed by atoms with Crippen molar-refractivity contribution in [1.29, 1.82) is 0 Å². The van der Waals surface area contributed by atoms with Crippen LogP contribution in [-0.2, 0) is 28.7 Å². The van der Waals surface area contributed by atoms with Crippen molar-refractivity contribution in [1.82, 2.24) is 10.2 Å². The maximum Gasteiger partial charge on any atom is 0.306 e. The second kappa shape index (κ2) is 18.5. The fourth-order valence-corrected chi connectivity index (χ4v) is 13.6. The predicted molar refractivity (Wildman–Crippen MR) is 216 cm³/mol. The van der Waals surface area contributed by atoms with Crippen LogP contribution in [0.1, 0.15) is 111 Å². The topological polar surface area (TPSA) is 191 Å². The fraction of sp³-hybridized carbons (Fsp3) is 0.814. The van der Waals surface area contributed by atoms with E-state index in [1.807, 2.05) is 0 Å². The van der Waals surface area contributed by atoms with Gasteiger partial charge in [-0.25, -0.2) is 0 Å².